The van der Waals surface area contributed by atoms with Crippen LogP contribution in [0.2, 0.25) is 0 Å². The fourth-order valence-electron chi connectivity index (χ4n) is 4.49. The third-order valence-electron chi connectivity index (χ3n) is 6.10. The molecule has 0 radical (unpaired) electrons. The number of aliphatic hydroxyl groups is 1. The predicted octanol–water partition coefficient (Wildman–Crippen LogP) is 4.24. The molecule has 0 aliphatic carbocycles. The Morgan fingerprint density at radius 2 is 2.06 bits per heavy atom. The van der Waals surface area contributed by atoms with Gasteiger partial charge in [0.15, 0.2) is 6.23 Å². The highest BCUT2D eigenvalue weighted by atomic mass is 32.2. The van der Waals surface area contributed by atoms with Crippen molar-refractivity contribution in [3.05, 3.63) is 95.3 Å². The van der Waals surface area contributed by atoms with Crippen LogP contribution in [0.15, 0.2) is 71.8 Å². The van der Waals surface area contributed by atoms with Gasteiger partial charge in [0, 0.05) is 36.6 Å². The van der Waals surface area contributed by atoms with Gasteiger partial charge in [-0.3, -0.25) is 0 Å². The number of halogens is 1. The average Bonchev–Trinajstić information content (AvgIpc) is 3.13. The maximum Gasteiger partial charge on any atom is 0.216 e. The van der Waals surface area contributed by atoms with Crippen LogP contribution in [0.5, 0.6) is 0 Å². The molecular weight excluding hydrogens is 479 g/mol. The molecule has 4 aromatic rings. The van der Waals surface area contributed by atoms with E-state index in [1.54, 1.807) is 30.0 Å². The third kappa shape index (κ3) is 4.59. The largest absolute Gasteiger partial charge is 0.368 e. The van der Waals surface area contributed by atoms with Crippen molar-refractivity contribution in [2.75, 3.05) is 5.32 Å². The number of hydrogen-bond donors (Lipinski definition) is 4. The van der Waals surface area contributed by atoms with Crippen molar-refractivity contribution < 1.29 is 13.7 Å². The monoisotopic (exact) mass is 502 g/mol. The number of aryl methyl sites for hydroxylation is 1. The van der Waals surface area contributed by atoms with Crippen LogP contribution < -0.4 is 10.0 Å². The molecule has 10 heteroatoms. The minimum Gasteiger partial charge on any atom is -0.368 e. The van der Waals surface area contributed by atoms with Crippen molar-refractivity contribution in [2.24, 2.45) is 7.05 Å². The summed E-state index contributed by atoms with van der Waals surface area (Å²) in [6, 6.07) is 18.0. The van der Waals surface area contributed by atoms with E-state index in [1.807, 2.05) is 42.5 Å². The van der Waals surface area contributed by atoms with Gasteiger partial charge in [-0.2, -0.15) is 9.65 Å². The molecule has 0 saturated heterocycles. The number of benzene rings is 2. The molecule has 0 bridgehead atoms. The van der Waals surface area contributed by atoms with Gasteiger partial charge in [0.25, 0.3) is 0 Å². The first-order chi connectivity index (χ1) is 17.2. The van der Waals surface area contributed by atoms with Crippen molar-refractivity contribution in [1.82, 2.24) is 14.3 Å². The Balaban J connectivity index is 1.45. The van der Waals surface area contributed by atoms with Gasteiger partial charge in [-0.05, 0) is 28.8 Å². The lowest BCUT2D eigenvalue weighted by molar-refractivity contribution is 0.199. The Morgan fingerprint density at radius 3 is 2.83 bits per heavy atom. The van der Waals surface area contributed by atoms with Gasteiger partial charge in [0.05, 0.1) is 10.6 Å². The first kappa shape index (κ1) is 23.7. The normalized spacial score (nSPS) is 19.9. The number of hydrogen-bond acceptors (Lipinski definition) is 6. The second kappa shape index (κ2) is 9.20. The van der Waals surface area contributed by atoms with Gasteiger partial charge in [-0.15, -0.1) is 0 Å². The molecule has 2 aromatic heterocycles. The van der Waals surface area contributed by atoms with Crippen LogP contribution >= 0.6 is 0 Å². The van der Waals surface area contributed by atoms with E-state index < -0.39 is 22.1 Å². The average molecular weight is 503 g/mol. The molecule has 182 valence electrons. The zero-order chi connectivity index (χ0) is 25.4. The third-order valence-corrected chi connectivity index (χ3v) is 7.67. The molecule has 2 unspecified atom stereocenters. The fraction of sp³-hybridized carbons (Fsp3) is 0.154. The highest BCUT2D eigenvalue weighted by molar-refractivity contribution is 7.90. The lowest BCUT2D eigenvalue weighted by Crippen LogP contribution is -2.33. The van der Waals surface area contributed by atoms with E-state index in [9.17, 15) is 13.7 Å². The second-order valence-electron chi connectivity index (χ2n) is 8.65. The number of rotatable bonds is 5. The summed E-state index contributed by atoms with van der Waals surface area (Å²) in [6.07, 6.45) is 4.34. The zero-order valence-electron chi connectivity index (χ0n) is 19.3. The van der Waals surface area contributed by atoms with Crippen molar-refractivity contribution >= 4 is 32.5 Å². The number of pyridine rings is 1. The molecule has 1 aliphatic rings. The molecule has 0 saturated carbocycles. The van der Waals surface area contributed by atoms with Gasteiger partial charge in [-0.1, -0.05) is 54.6 Å². The number of aliphatic hydroxyl groups excluding tert-OH is 1. The van der Waals surface area contributed by atoms with Crippen LogP contribution in [0.3, 0.4) is 0 Å². The standard InChI is InChI=1S/C26H23FN6O2S/c1-33-15-23-22(25(33)26(34)31-20-12-21(14-28)30-24(27)13-20)9-8-19(32-36(23,29)35)11-16-6-7-17-4-2-3-5-18(17)10-16/h2-10,12-13,15,19,26,34H,11H2,1H3,(H,30,31)(H2,29,32,35)/t19-,26?,36?/m1/s1. The summed E-state index contributed by atoms with van der Waals surface area (Å²) in [4.78, 5) is 3.71. The summed E-state index contributed by atoms with van der Waals surface area (Å²) in [5.41, 5.74) is 1.86. The molecule has 3 atom stereocenters. The van der Waals surface area contributed by atoms with E-state index in [-0.39, 0.29) is 22.3 Å². The van der Waals surface area contributed by atoms with Crippen LogP contribution in [0.25, 0.3) is 16.8 Å². The highest BCUT2D eigenvalue weighted by Crippen LogP contribution is 2.32. The molecule has 3 heterocycles. The van der Waals surface area contributed by atoms with Crippen molar-refractivity contribution in [1.29, 1.82) is 10.0 Å². The van der Waals surface area contributed by atoms with Gasteiger partial charge in [0.1, 0.15) is 21.7 Å². The van der Waals surface area contributed by atoms with Crippen molar-refractivity contribution in [3.8, 4) is 6.07 Å². The Labute approximate surface area is 207 Å². The molecule has 1 aliphatic heterocycles. The van der Waals surface area contributed by atoms with Crippen molar-refractivity contribution in [2.45, 2.75) is 23.6 Å². The predicted molar refractivity (Wildman–Crippen MR) is 136 cm³/mol. The minimum atomic E-state index is -3.40. The van der Waals surface area contributed by atoms with Gasteiger partial charge < -0.3 is 15.0 Å². The van der Waals surface area contributed by atoms with E-state index in [2.05, 4.69) is 21.1 Å². The molecule has 2 aromatic carbocycles. The first-order valence-electron chi connectivity index (χ1n) is 11.2. The van der Waals surface area contributed by atoms with Crippen molar-refractivity contribution in [3.63, 3.8) is 0 Å². The number of aromatic nitrogens is 2. The topological polar surface area (TPSA) is 127 Å². The quantitative estimate of drug-likeness (QED) is 0.240. The Kier molecular flexibility index (Phi) is 6.05. The Bertz CT molecular complexity index is 1650. The van der Waals surface area contributed by atoms with E-state index in [1.165, 1.54) is 6.07 Å². The molecule has 5 rings (SSSR count). The van der Waals surface area contributed by atoms with E-state index in [4.69, 9.17) is 10.0 Å². The minimum absolute atomic E-state index is 0.134. The summed E-state index contributed by atoms with van der Waals surface area (Å²) in [7, 11) is -1.74. The second-order valence-corrected chi connectivity index (χ2v) is 10.4. The van der Waals surface area contributed by atoms with E-state index >= 15 is 0 Å². The molecule has 0 spiro atoms. The number of nitriles is 1. The highest BCUT2D eigenvalue weighted by Gasteiger charge is 2.28. The van der Waals surface area contributed by atoms with Crippen LogP contribution in [0, 0.1) is 22.1 Å². The maximum absolute atomic E-state index is 13.8. The van der Waals surface area contributed by atoms with Crippen LogP contribution in [0.1, 0.15) is 28.7 Å². The number of fused-ring (bicyclic) bond motifs is 2. The molecular formula is C26H23FN6O2S. The summed E-state index contributed by atoms with van der Waals surface area (Å²) in [6.45, 7) is 0. The summed E-state index contributed by atoms with van der Waals surface area (Å²) >= 11 is 0. The SMILES string of the molecule is Cn1cc2c(c1C(O)Nc1cc(F)nc(C#N)c1)C=C[C@H](Cc1ccc3ccccc3c1)NS2(=N)=O. The summed E-state index contributed by atoms with van der Waals surface area (Å²) in [5.74, 6) is -0.857. The Hall–Kier alpha value is -4.04. The molecule has 0 fully saturated rings. The van der Waals surface area contributed by atoms with Gasteiger partial charge >= 0.3 is 0 Å². The lowest BCUT2D eigenvalue weighted by Gasteiger charge is -2.17. The first-order valence-corrected chi connectivity index (χ1v) is 12.7. The lowest BCUT2D eigenvalue weighted by atomic mass is 10.0. The molecule has 0 amide bonds. The summed E-state index contributed by atoms with van der Waals surface area (Å²) < 4.78 is 40.3. The van der Waals surface area contributed by atoms with Gasteiger partial charge in [0.2, 0.25) is 5.95 Å². The maximum atomic E-state index is 13.8. The summed E-state index contributed by atoms with van der Waals surface area (Å²) in [5, 5.41) is 25.0. The van der Waals surface area contributed by atoms with Crippen LogP contribution in [-0.2, 0) is 23.4 Å². The Morgan fingerprint density at radius 1 is 1.28 bits per heavy atom. The van der Waals surface area contributed by atoms with Gasteiger partial charge in [-0.25, -0.2) is 18.7 Å². The fourth-order valence-corrected chi connectivity index (χ4v) is 5.99. The van der Waals surface area contributed by atoms with E-state index in [0.29, 0.717) is 17.7 Å². The molecule has 36 heavy (non-hydrogen) atoms. The number of nitrogens with one attached hydrogen (secondary N) is 3. The number of anilines is 1. The van der Waals surface area contributed by atoms with E-state index in [0.717, 1.165) is 22.4 Å². The van der Waals surface area contributed by atoms with Crippen LogP contribution in [0.4, 0.5) is 10.1 Å². The smallest absolute Gasteiger partial charge is 0.216 e. The molecule has 8 nitrogen and oxygen atoms in total. The van der Waals surface area contributed by atoms with Crippen LogP contribution in [-0.4, -0.2) is 24.9 Å². The zero-order valence-corrected chi connectivity index (χ0v) is 20.1. The molecule has 4 N–H and O–H groups in total. The number of nitrogens with zero attached hydrogens (tertiary/aromatic N) is 3.